The maximum absolute atomic E-state index is 13.2. The molecule has 0 radical (unpaired) electrons. The van der Waals surface area contributed by atoms with Gasteiger partial charge >= 0.3 is 0 Å². The molecular formula is C30H30O6S2. The third-order valence-corrected chi connectivity index (χ3v) is 7.91. The molecule has 0 unspecified atom stereocenters. The summed E-state index contributed by atoms with van der Waals surface area (Å²) < 4.78 is 11.3. The first-order valence-electron chi connectivity index (χ1n) is 12.6. The number of phenols is 2. The van der Waals surface area contributed by atoms with E-state index in [9.17, 15) is 19.8 Å². The maximum atomic E-state index is 13.2. The van der Waals surface area contributed by atoms with Crippen molar-refractivity contribution in [1.29, 1.82) is 0 Å². The lowest BCUT2D eigenvalue weighted by Gasteiger charge is -2.19. The molecule has 0 bridgehead atoms. The van der Waals surface area contributed by atoms with Gasteiger partial charge in [-0.3, -0.25) is 9.59 Å². The van der Waals surface area contributed by atoms with Crippen LogP contribution in [0.3, 0.4) is 0 Å². The molecule has 0 saturated heterocycles. The van der Waals surface area contributed by atoms with Crippen LogP contribution in [-0.2, 0) is 0 Å². The van der Waals surface area contributed by atoms with Crippen molar-refractivity contribution in [3.05, 3.63) is 76.7 Å². The fourth-order valence-electron chi connectivity index (χ4n) is 3.77. The van der Waals surface area contributed by atoms with Crippen molar-refractivity contribution < 1.29 is 29.3 Å². The Balaban J connectivity index is 1.50. The van der Waals surface area contributed by atoms with Gasteiger partial charge in [-0.1, -0.05) is 50.2 Å². The van der Waals surface area contributed by atoms with Gasteiger partial charge in [0.25, 0.3) is 0 Å². The Labute approximate surface area is 231 Å². The third-order valence-electron chi connectivity index (χ3n) is 5.84. The number of aromatic hydroxyl groups is 2. The molecule has 6 nitrogen and oxygen atoms in total. The minimum Gasteiger partial charge on any atom is -0.507 e. The average Bonchev–Trinajstić information content (AvgIpc) is 2.91. The van der Waals surface area contributed by atoms with Crippen molar-refractivity contribution in [2.24, 2.45) is 0 Å². The summed E-state index contributed by atoms with van der Waals surface area (Å²) in [5.74, 6) is -0.223. The quantitative estimate of drug-likeness (QED) is 0.175. The Bertz CT molecular complexity index is 1330. The lowest BCUT2D eigenvalue weighted by Crippen LogP contribution is -2.16. The topological polar surface area (TPSA) is 93.1 Å². The highest BCUT2D eigenvalue weighted by Crippen LogP contribution is 2.46. The molecule has 3 aromatic carbocycles. The molecule has 198 valence electrons. The Kier molecular flexibility index (Phi) is 9.42. The molecule has 2 N–H and O–H groups in total. The van der Waals surface area contributed by atoms with E-state index in [-0.39, 0.29) is 32.4 Å². The Morgan fingerprint density at radius 1 is 0.737 bits per heavy atom. The van der Waals surface area contributed by atoms with E-state index < -0.39 is 11.6 Å². The summed E-state index contributed by atoms with van der Waals surface area (Å²) in [6.45, 7) is 5.48. The fourth-order valence-corrected chi connectivity index (χ4v) is 5.55. The van der Waals surface area contributed by atoms with Crippen LogP contribution in [0.5, 0.6) is 23.0 Å². The fraction of sp³-hybridized carbons (Fsp3) is 0.267. The molecule has 0 atom stereocenters. The van der Waals surface area contributed by atoms with E-state index in [1.54, 1.807) is 0 Å². The summed E-state index contributed by atoms with van der Waals surface area (Å²) in [6, 6.07) is 15.9. The standard InChI is InChI=1S/C30H30O6S2/c1-3-5-15-35-19-7-11-21(12-8-19)37-25-17-23(31)28-27(29(25)33)24(32)18-26(30(28)34)38-22-13-9-20(10-14-22)36-16-6-4-2/h7-14,17-18,31,33H,3-6,15-16H2,1-2H3. The molecular weight excluding hydrogens is 520 g/mol. The Morgan fingerprint density at radius 3 is 1.79 bits per heavy atom. The molecule has 1 aliphatic rings. The summed E-state index contributed by atoms with van der Waals surface area (Å²) in [5, 5.41) is 21.7. The zero-order valence-corrected chi connectivity index (χ0v) is 23.0. The maximum Gasteiger partial charge on any atom is 0.204 e. The van der Waals surface area contributed by atoms with E-state index >= 15 is 0 Å². The summed E-state index contributed by atoms with van der Waals surface area (Å²) in [5.41, 5.74) is -0.359. The number of allylic oxidation sites excluding steroid dienone is 2. The third kappa shape index (κ3) is 6.55. The largest absolute Gasteiger partial charge is 0.507 e. The highest BCUT2D eigenvalue weighted by atomic mass is 32.2. The van der Waals surface area contributed by atoms with Crippen LogP contribution in [0.1, 0.15) is 60.2 Å². The van der Waals surface area contributed by atoms with E-state index in [0.717, 1.165) is 58.7 Å². The van der Waals surface area contributed by atoms with E-state index in [0.29, 0.717) is 13.2 Å². The molecule has 3 aromatic rings. The predicted molar refractivity (Wildman–Crippen MR) is 150 cm³/mol. The number of carbonyl (C=O) groups excluding carboxylic acids is 2. The van der Waals surface area contributed by atoms with Gasteiger partial charge in [0.2, 0.25) is 5.78 Å². The van der Waals surface area contributed by atoms with Gasteiger partial charge in [0.15, 0.2) is 5.78 Å². The molecule has 1 aliphatic carbocycles. The van der Waals surface area contributed by atoms with Crippen LogP contribution in [-0.4, -0.2) is 35.0 Å². The number of rotatable bonds is 12. The van der Waals surface area contributed by atoms with Gasteiger partial charge in [0, 0.05) is 15.9 Å². The molecule has 0 spiro atoms. The van der Waals surface area contributed by atoms with Gasteiger partial charge in [0.1, 0.15) is 23.0 Å². The first kappa shape index (κ1) is 27.7. The molecule has 0 heterocycles. The van der Waals surface area contributed by atoms with Gasteiger partial charge in [0.05, 0.1) is 34.1 Å². The predicted octanol–water partition coefficient (Wildman–Crippen LogP) is 7.66. The lowest BCUT2D eigenvalue weighted by atomic mass is 9.93. The van der Waals surface area contributed by atoms with E-state index in [4.69, 9.17) is 9.47 Å². The number of ether oxygens (including phenoxy) is 2. The number of phenolic OH excluding ortho intramolecular Hbond substituents is 2. The van der Waals surface area contributed by atoms with Crippen molar-refractivity contribution in [1.82, 2.24) is 0 Å². The van der Waals surface area contributed by atoms with Crippen molar-refractivity contribution in [2.75, 3.05) is 13.2 Å². The van der Waals surface area contributed by atoms with Crippen LogP contribution in [0.2, 0.25) is 0 Å². The number of ketones is 2. The smallest absolute Gasteiger partial charge is 0.204 e. The highest BCUT2D eigenvalue weighted by molar-refractivity contribution is 8.04. The molecule has 0 saturated carbocycles. The number of fused-ring (bicyclic) bond motifs is 1. The monoisotopic (exact) mass is 550 g/mol. The number of thioether (sulfide) groups is 1. The van der Waals surface area contributed by atoms with Crippen molar-refractivity contribution in [3.63, 3.8) is 0 Å². The van der Waals surface area contributed by atoms with Crippen molar-refractivity contribution in [3.8, 4) is 23.0 Å². The van der Waals surface area contributed by atoms with Crippen molar-refractivity contribution in [2.45, 2.75) is 54.2 Å². The second-order valence-electron chi connectivity index (χ2n) is 8.75. The molecule has 4 rings (SSSR count). The number of Topliss-reactive ketones (excluding diaryl/α,β-unsaturated/α-hetero) is 1. The molecule has 38 heavy (non-hydrogen) atoms. The Hall–Kier alpha value is -3.36. The molecule has 0 amide bonds. The molecule has 0 aliphatic heterocycles. The molecule has 0 fully saturated rings. The summed E-state index contributed by atoms with van der Waals surface area (Å²) >= 11 is 2.32. The van der Waals surface area contributed by atoms with E-state index in [1.165, 1.54) is 23.9 Å². The average molecular weight is 551 g/mol. The van der Waals surface area contributed by atoms with Crippen LogP contribution in [0, 0.1) is 0 Å². The SMILES string of the molecule is CCCCOc1ccc(SC2=CC(=O)c3c(O)c(Sc4ccc(OCCCC)cc4)cc(O)c3C2=O)cc1. The molecule has 8 heteroatoms. The van der Waals surface area contributed by atoms with E-state index in [1.807, 2.05) is 48.5 Å². The summed E-state index contributed by atoms with van der Waals surface area (Å²) in [7, 11) is 0. The van der Waals surface area contributed by atoms with Gasteiger partial charge in [-0.2, -0.15) is 0 Å². The van der Waals surface area contributed by atoms with Gasteiger partial charge in [-0.05, 0) is 67.4 Å². The first-order chi connectivity index (χ1) is 18.4. The molecule has 0 aromatic heterocycles. The number of hydrogen-bond acceptors (Lipinski definition) is 8. The van der Waals surface area contributed by atoms with Crippen LogP contribution in [0.4, 0.5) is 0 Å². The Morgan fingerprint density at radius 2 is 1.26 bits per heavy atom. The van der Waals surface area contributed by atoms with Gasteiger partial charge in [-0.25, -0.2) is 0 Å². The van der Waals surface area contributed by atoms with Crippen LogP contribution < -0.4 is 9.47 Å². The highest BCUT2D eigenvalue weighted by Gasteiger charge is 2.33. The minimum atomic E-state index is -0.531. The normalized spacial score (nSPS) is 12.7. The number of benzene rings is 3. The zero-order valence-electron chi connectivity index (χ0n) is 21.4. The van der Waals surface area contributed by atoms with Crippen LogP contribution in [0.25, 0.3) is 0 Å². The number of unbranched alkanes of at least 4 members (excludes halogenated alkanes) is 2. The summed E-state index contributed by atoms with van der Waals surface area (Å²) in [6.07, 6.45) is 5.26. The summed E-state index contributed by atoms with van der Waals surface area (Å²) in [4.78, 5) is 28.3. The first-order valence-corrected chi connectivity index (χ1v) is 14.3. The number of carbonyl (C=O) groups is 2. The van der Waals surface area contributed by atoms with Crippen LogP contribution in [0.15, 0.2) is 80.3 Å². The second kappa shape index (κ2) is 12.9. The van der Waals surface area contributed by atoms with Crippen LogP contribution >= 0.6 is 23.5 Å². The number of hydrogen-bond donors (Lipinski definition) is 2. The minimum absolute atomic E-state index is 0.177. The lowest BCUT2D eigenvalue weighted by molar-refractivity contribution is 0.0986. The second-order valence-corrected chi connectivity index (χ2v) is 11.0. The van der Waals surface area contributed by atoms with Gasteiger partial charge in [-0.15, -0.1) is 0 Å². The van der Waals surface area contributed by atoms with E-state index in [2.05, 4.69) is 13.8 Å². The van der Waals surface area contributed by atoms with Gasteiger partial charge < -0.3 is 19.7 Å². The van der Waals surface area contributed by atoms with Crippen molar-refractivity contribution >= 4 is 35.1 Å². The zero-order chi connectivity index (χ0) is 27.1.